The molecule has 3 aromatic rings. The van der Waals surface area contributed by atoms with Gasteiger partial charge in [0.05, 0.1) is 22.4 Å². The number of hydrogen-bond donors (Lipinski definition) is 3. The second-order valence-corrected chi connectivity index (χ2v) is 10.2. The second-order valence-electron chi connectivity index (χ2n) is 8.64. The topological polar surface area (TPSA) is 156 Å². The lowest BCUT2D eigenvalue weighted by molar-refractivity contribution is -0.147. The molecule has 0 unspecified atom stereocenters. The highest BCUT2D eigenvalue weighted by Gasteiger charge is 2.37. The van der Waals surface area contributed by atoms with Crippen LogP contribution in [-0.2, 0) is 25.8 Å². The van der Waals surface area contributed by atoms with E-state index in [-0.39, 0.29) is 35.1 Å². The third-order valence-corrected chi connectivity index (χ3v) is 6.65. The van der Waals surface area contributed by atoms with Crippen molar-refractivity contribution in [1.82, 2.24) is 14.7 Å². The number of benzene rings is 2. The highest BCUT2D eigenvalue weighted by molar-refractivity contribution is 7.89. The minimum Gasteiger partial charge on any atom is -0.480 e. The van der Waals surface area contributed by atoms with Crippen LogP contribution in [0, 0.1) is 6.92 Å². The number of carboxylic acids is 1. The first kappa shape index (κ1) is 28.8. The molecule has 10 nitrogen and oxygen atoms in total. The number of amides is 1. The lowest BCUT2D eigenvalue weighted by Gasteiger charge is -2.18. The summed E-state index contributed by atoms with van der Waals surface area (Å²) in [7, 11) is -3.90. The zero-order valence-electron chi connectivity index (χ0n) is 20.3. The first-order chi connectivity index (χ1) is 17.6. The van der Waals surface area contributed by atoms with Crippen LogP contribution in [0.1, 0.15) is 24.6 Å². The standard InChI is InChI=1S/C17H14F3N3O2S.C7H11NO4/c1-11-2-4-12(5-3-11)15-10-16(17(18,19)20)22-23(15)13-6-8-14(9-7-13)26(21,24)25;1-4(9)8-3-5(10)2-6(8)7(11)12/h2-10H,1H3,(H2,21,24,25);5-6,10H,2-3H2,1H3,(H,11,12)/t;5-,6+/m.1/s1. The van der Waals surface area contributed by atoms with Gasteiger partial charge in [-0.05, 0) is 37.3 Å². The number of nitrogens with two attached hydrogens (primary N) is 1. The minimum absolute atomic E-state index is 0.131. The van der Waals surface area contributed by atoms with Crippen LogP contribution in [-0.4, -0.2) is 63.9 Å². The molecule has 1 aliphatic rings. The van der Waals surface area contributed by atoms with Gasteiger partial charge in [0.15, 0.2) is 5.69 Å². The van der Waals surface area contributed by atoms with Crippen molar-refractivity contribution < 1.29 is 41.4 Å². The van der Waals surface area contributed by atoms with Crippen LogP contribution in [0.3, 0.4) is 0 Å². The molecule has 0 saturated carbocycles. The number of aliphatic hydroxyl groups excluding tert-OH is 1. The molecule has 38 heavy (non-hydrogen) atoms. The van der Waals surface area contributed by atoms with Crippen LogP contribution < -0.4 is 5.14 Å². The van der Waals surface area contributed by atoms with E-state index >= 15 is 0 Å². The molecule has 1 fully saturated rings. The van der Waals surface area contributed by atoms with Crippen molar-refractivity contribution >= 4 is 21.9 Å². The number of carboxylic acid groups (broad SMARTS) is 1. The largest absolute Gasteiger partial charge is 0.480 e. The lowest BCUT2D eigenvalue weighted by Crippen LogP contribution is -2.39. The van der Waals surface area contributed by atoms with E-state index in [4.69, 9.17) is 15.4 Å². The molecular weight excluding hydrogens is 529 g/mol. The molecule has 1 amide bonds. The molecule has 4 rings (SSSR count). The summed E-state index contributed by atoms with van der Waals surface area (Å²) in [5.41, 5.74) is 0.996. The van der Waals surface area contributed by atoms with Gasteiger partial charge in [-0.2, -0.15) is 18.3 Å². The third-order valence-electron chi connectivity index (χ3n) is 5.73. The zero-order valence-corrected chi connectivity index (χ0v) is 21.1. The smallest absolute Gasteiger partial charge is 0.435 e. The Morgan fingerprint density at radius 2 is 1.66 bits per heavy atom. The number of aliphatic carboxylic acids is 1. The van der Waals surface area contributed by atoms with Gasteiger partial charge in [-0.25, -0.2) is 23.0 Å². The number of carbonyl (C=O) groups is 2. The molecule has 2 heterocycles. The number of hydrogen-bond acceptors (Lipinski definition) is 6. The monoisotopic (exact) mass is 554 g/mol. The van der Waals surface area contributed by atoms with Crippen LogP contribution >= 0.6 is 0 Å². The molecule has 1 saturated heterocycles. The number of likely N-dealkylation sites (tertiary alicyclic amines) is 1. The summed E-state index contributed by atoms with van der Waals surface area (Å²) < 4.78 is 63.2. The van der Waals surface area contributed by atoms with E-state index < -0.39 is 40.0 Å². The Morgan fingerprint density at radius 1 is 1.08 bits per heavy atom. The second kappa shape index (κ2) is 10.9. The first-order valence-electron chi connectivity index (χ1n) is 11.1. The van der Waals surface area contributed by atoms with Crippen LogP contribution in [0.5, 0.6) is 0 Å². The minimum atomic E-state index is -4.61. The van der Waals surface area contributed by atoms with Gasteiger partial charge in [0.25, 0.3) is 0 Å². The number of carbonyl (C=O) groups excluding carboxylic acids is 1. The van der Waals surface area contributed by atoms with Gasteiger partial charge >= 0.3 is 12.1 Å². The number of primary sulfonamides is 1. The molecule has 14 heteroatoms. The highest BCUT2D eigenvalue weighted by Crippen LogP contribution is 2.33. The number of sulfonamides is 1. The molecule has 0 bridgehead atoms. The molecule has 204 valence electrons. The van der Waals surface area contributed by atoms with Gasteiger partial charge < -0.3 is 15.1 Å². The summed E-state index contributed by atoms with van der Waals surface area (Å²) >= 11 is 0. The first-order valence-corrected chi connectivity index (χ1v) is 12.7. The van der Waals surface area contributed by atoms with Crippen LogP contribution in [0.25, 0.3) is 16.9 Å². The summed E-state index contributed by atoms with van der Waals surface area (Å²) in [5.74, 6) is -1.36. The zero-order chi connectivity index (χ0) is 28.4. The van der Waals surface area contributed by atoms with E-state index in [1.807, 2.05) is 6.92 Å². The number of nitrogens with zero attached hydrogens (tertiary/aromatic N) is 3. The molecule has 1 aromatic heterocycles. The maximum atomic E-state index is 13.1. The molecule has 0 radical (unpaired) electrons. The fourth-order valence-corrected chi connectivity index (χ4v) is 4.33. The van der Waals surface area contributed by atoms with Crippen molar-refractivity contribution in [2.24, 2.45) is 5.14 Å². The average Bonchev–Trinajstić information content (AvgIpc) is 3.44. The van der Waals surface area contributed by atoms with Crippen molar-refractivity contribution in [2.45, 2.75) is 43.5 Å². The quantitative estimate of drug-likeness (QED) is 0.448. The van der Waals surface area contributed by atoms with Crippen molar-refractivity contribution in [3.63, 3.8) is 0 Å². The maximum Gasteiger partial charge on any atom is 0.435 e. The summed E-state index contributed by atoms with van der Waals surface area (Å²) in [4.78, 5) is 22.5. The molecule has 4 N–H and O–H groups in total. The number of halogens is 3. The van der Waals surface area contributed by atoms with Gasteiger partial charge in [0.2, 0.25) is 15.9 Å². The number of alkyl halides is 3. The van der Waals surface area contributed by atoms with Crippen molar-refractivity contribution in [1.29, 1.82) is 0 Å². The number of aryl methyl sites for hydroxylation is 1. The van der Waals surface area contributed by atoms with Crippen molar-refractivity contribution in [3.8, 4) is 16.9 Å². The molecule has 2 aromatic carbocycles. The average molecular weight is 555 g/mol. The summed E-state index contributed by atoms with van der Waals surface area (Å²) in [6.45, 7) is 3.30. The predicted molar refractivity (Wildman–Crippen MR) is 130 cm³/mol. The number of rotatable bonds is 4. The van der Waals surface area contributed by atoms with Crippen LogP contribution in [0.2, 0.25) is 0 Å². The Bertz CT molecular complexity index is 1400. The molecule has 1 aliphatic heterocycles. The lowest BCUT2D eigenvalue weighted by atomic mass is 10.1. The fourth-order valence-electron chi connectivity index (χ4n) is 3.82. The van der Waals surface area contributed by atoms with E-state index in [1.54, 1.807) is 24.3 Å². The predicted octanol–water partition coefficient (Wildman–Crippen LogP) is 2.57. The van der Waals surface area contributed by atoms with E-state index in [0.29, 0.717) is 5.56 Å². The van der Waals surface area contributed by atoms with Gasteiger partial charge in [-0.15, -0.1) is 0 Å². The van der Waals surface area contributed by atoms with E-state index in [2.05, 4.69) is 5.10 Å². The molecule has 2 atom stereocenters. The van der Waals surface area contributed by atoms with E-state index in [1.165, 1.54) is 36.1 Å². The third kappa shape index (κ3) is 6.76. The SMILES string of the molecule is CC(=O)N1C[C@H](O)C[C@H]1C(=O)O.Cc1ccc(-c2cc(C(F)(F)F)nn2-c2ccc(S(N)(=O)=O)cc2)cc1. The molecule has 0 aliphatic carbocycles. The van der Waals surface area contributed by atoms with Gasteiger partial charge in [0, 0.05) is 25.5 Å². The molecule has 0 spiro atoms. The Morgan fingerprint density at radius 3 is 2.11 bits per heavy atom. The van der Waals surface area contributed by atoms with Gasteiger partial charge in [-0.3, -0.25) is 4.79 Å². The Labute approximate surface area is 216 Å². The Hall–Kier alpha value is -3.75. The number of aromatic nitrogens is 2. The fraction of sp³-hybridized carbons (Fsp3) is 0.292. The van der Waals surface area contributed by atoms with Crippen molar-refractivity contribution in [3.05, 3.63) is 65.9 Å². The number of β-amino-alcohol motifs (C(OH)–C–C–N with tert-alkyl or cyclic N) is 1. The van der Waals surface area contributed by atoms with Gasteiger partial charge in [0.1, 0.15) is 6.04 Å². The van der Waals surface area contributed by atoms with Crippen molar-refractivity contribution in [2.75, 3.05) is 6.54 Å². The summed E-state index contributed by atoms with van der Waals surface area (Å²) in [5, 5.41) is 26.5. The van der Waals surface area contributed by atoms with E-state index in [9.17, 15) is 31.2 Å². The van der Waals surface area contributed by atoms with Gasteiger partial charge in [-0.1, -0.05) is 29.8 Å². The number of aliphatic hydroxyl groups is 1. The van der Waals surface area contributed by atoms with E-state index in [0.717, 1.165) is 16.3 Å². The highest BCUT2D eigenvalue weighted by atomic mass is 32.2. The summed E-state index contributed by atoms with van der Waals surface area (Å²) in [6, 6.07) is 12.2. The van der Waals surface area contributed by atoms with Crippen LogP contribution in [0.15, 0.2) is 59.5 Å². The maximum absolute atomic E-state index is 13.1. The van der Waals surface area contributed by atoms with Crippen LogP contribution in [0.4, 0.5) is 13.2 Å². The Kier molecular flexibility index (Phi) is 8.29. The molecular formula is C24H25F3N4O6S. The Balaban J connectivity index is 0.000000279. The summed E-state index contributed by atoms with van der Waals surface area (Å²) in [6.07, 6.45) is -5.17. The normalized spacial score (nSPS) is 17.6.